The van der Waals surface area contributed by atoms with Crippen molar-refractivity contribution < 1.29 is 28.5 Å². The van der Waals surface area contributed by atoms with Crippen molar-refractivity contribution in [3.8, 4) is 5.75 Å². The topological polar surface area (TPSA) is 83.1 Å². The number of hydrogen-bond acceptors (Lipinski definition) is 6. The van der Waals surface area contributed by atoms with Crippen molar-refractivity contribution >= 4 is 11.9 Å². The van der Waals surface area contributed by atoms with Gasteiger partial charge in [0.15, 0.2) is 6.04 Å². The average molecular weight is 323 g/mol. The molecule has 1 N–H and O–H groups in total. The summed E-state index contributed by atoms with van der Waals surface area (Å²) in [5.74, 6) is -0.487. The maximum absolute atomic E-state index is 12.1. The maximum Gasteiger partial charge on any atom is 0.333 e. The Kier molecular flexibility index (Phi) is 6.37. The number of amides is 1. The van der Waals surface area contributed by atoms with Gasteiger partial charge in [0.25, 0.3) is 0 Å². The van der Waals surface area contributed by atoms with Crippen molar-refractivity contribution in [1.82, 2.24) is 5.32 Å². The standard InChI is InChI=1S/C16H21NO6/c1-20-13-6-4-3-5-12(13)15(16(19)21-2)17-14(18)10-23-11-7-8-22-9-11/h3-6,11,15H,7-10H2,1-2H3,(H,17,18)/t11-,15?/m1/s1. The van der Waals surface area contributed by atoms with Gasteiger partial charge in [0.05, 0.1) is 26.9 Å². The lowest BCUT2D eigenvalue weighted by atomic mass is 10.1. The fraction of sp³-hybridized carbons (Fsp3) is 0.500. The molecule has 7 nitrogen and oxygen atoms in total. The summed E-state index contributed by atoms with van der Waals surface area (Å²) in [4.78, 5) is 24.1. The zero-order valence-electron chi connectivity index (χ0n) is 13.2. The molecule has 1 aromatic rings. The maximum atomic E-state index is 12.1. The summed E-state index contributed by atoms with van der Waals surface area (Å²) in [5, 5.41) is 2.62. The van der Waals surface area contributed by atoms with E-state index in [1.807, 2.05) is 0 Å². The van der Waals surface area contributed by atoms with Gasteiger partial charge in [0, 0.05) is 12.2 Å². The highest BCUT2D eigenvalue weighted by atomic mass is 16.5. The zero-order chi connectivity index (χ0) is 16.7. The van der Waals surface area contributed by atoms with Gasteiger partial charge in [-0.2, -0.15) is 0 Å². The summed E-state index contributed by atoms with van der Waals surface area (Å²) < 4.78 is 20.6. The molecule has 1 amide bonds. The first-order valence-corrected chi connectivity index (χ1v) is 7.35. The second kappa shape index (κ2) is 8.50. The van der Waals surface area contributed by atoms with Gasteiger partial charge in [0.2, 0.25) is 5.91 Å². The van der Waals surface area contributed by atoms with Crippen LogP contribution in [0.2, 0.25) is 0 Å². The van der Waals surface area contributed by atoms with Crippen molar-refractivity contribution in [3.63, 3.8) is 0 Å². The molecule has 126 valence electrons. The van der Waals surface area contributed by atoms with E-state index in [9.17, 15) is 9.59 Å². The number of carbonyl (C=O) groups is 2. The van der Waals surface area contributed by atoms with Crippen molar-refractivity contribution in [3.05, 3.63) is 29.8 Å². The minimum absolute atomic E-state index is 0.0800. The molecule has 0 bridgehead atoms. The molecule has 1 heterocycles. The van der Waals surface area contributed by atoms with Crippen molar-refractivity contribution in [2.75, 3.05) is 34.0 Å². The van der Waals surface area contributed by atoms with Crippen LogP contribution in [-0.4, -0.2) is 52.0 Å². The van der Waals surface area contributed by atoms with E-state index in [2.05, 4.69) is 5.32 Å². The van der Waals surface area contributed by atoms with Crippen LogP contribution in [0.3, 0.4) is 0 Å². The van der Waals surface area contributed by atoms with E-state index in [0.29, 0.717) is 24.5 Å². The van der Waals surface area contributed by atoms with Crippen LogP contribution in [0.15, 0.2) is 24.3 Å². The molecule has 1 aromatic carbocycles. The fourth-order valence-electron chi connectivity index (χ4n) is 2.33. The van der Waals surface area contributed by atoms with Crippen LogP contribution in [0.1, 0.15) is 18.0 Å². The Morgan fingerprint density at radius 3 is 2.78 bits per heavy atom. The normalized spacial score (nSPS) is 18.3. The highest BCUT2D eigenvalue weighted by Gasteiger charge is 2.27. The van der Waals surface area contributed by atoms with E-state index >= 15 is 0 Å². The second-order valence-corrected chi connectivity index (χ2v) is 5.06. The van der Waals surface area contributed by atoms with E-state index in [1.54, 1.807) is 24.3 Å². The minimum Gasteiger partial charge on any atom is -0.496 e. The van der Waals surface area contributed by atoms with Crippen molar-refractivity contribution in [2.24, 2.45) is 0 Å². The van der Waals surface area contributed by atoms with Crippen molar-refractivity contribution in [2.45, 2.75) is 18.6 Å². The van der Waals surface area contributed by atoms with Gasteiger partial charge < -0.3 is 24.3 Å². The lowest BCUT2D eigenvalue weighted by molar-refractivity contribution is -0.146. The summed E-state index contributed by atoms with van der Waals surface area (Å²) >= 11 is 0. The number of benzene rings is 1. The Balaban J connectivity index is 2.03. The Hall–Kier alpha value is -2.12. The molecular formula is C16H21NO6. The third-order valence-electron chi connectivity index (χ3n) is 3.53. The number of nitrogens with one attached hydrogen (secondary N) is 1. The number of carbonyl (C=O) groups excluding carboxylic acids is 2. The third-order valence-corrected chi connectivity index (χ3v) is 3.53. The van der Waals surface area contributed by atoms with E-state index in [0.717, 1.165) is 6.42 Å². The molecule has 1 saturated heterocycles. The number of hydrogen-bond donors (Lipinski definition) is 1. The molecule has 0 radical (unpaired) electrons. The number of methoxy groups -OCH3 is 2. The monoisotopic (exact) mass is 323 g/mol. The lowest BCUT2D eigenvalue weighted by Crippen LogP contribution is -2.37. The summed E-state index contributed by atoms with van der Waals surface area (Å²) in [6, 6.07) is 6.00. The fourth-order valence-corrected chi connectivity index (χ4v) is 2.33. The first-order chi connectivity index (χ1) is 11.2. The van der Waals surface area contributed by atoms with Gasteiger partial charge in [-0.15, -0.1) is 0 Å². The van der Waals surface area contributed by atoms with Crippen LogP contribution >= 0.6 is 0 Å². The summed E-state index contributed by atoms with van der Waals surface area (Å²) in [6.45, 7) is 0.981. The van der Waals surface area contributed by atoms with Crippen molar-refractivity contribution in [1.29, 1.82) is 0 Å². The molecule has 0 saturated carbocycles. The molecule has 2 rings (SSSR count). The van der Waals surface area contributed by atoms with Crippen LogP contribution in [0.5, 0.6) is 5.75 Å². The third kappa shape index (κ3) is 4.67. The van der Waals surface area contributed by atoms with Crippen LogP contribution in [0.25, 0.3) is 0 Å². The molecule has 2 atom stereocenters. The lowest BCUT2D eigenvalue weighted by Gasteiger charge is -2.19. The van der Waals surface area contributed by atoms with Gasteiger partial charge in [-0.1, -0.05) is 18.2 Å². The van der Waals surface area contributed by atoms with Crippen LogP contribution in [0.4, 0.5) is 0 Å². The Morgan fingerprint density at radius 2 is 2.13 bits per heavy atom. The minimum atomic E-state index is -0.952. The molecular weight excluding hydrogens is 302 g/mol. The summed E-state index contributed by atoms with van der Waals surface area (Å²) in [6.07, 6.45) is 0.684. The largest absolute Gasteiger partial charge is 0.496 e. The SMILES string of the molecule is COC(=O)C(NC(=O)CO[C@@H]1CCOC1)c1ccccc1OC. The molecule has 0 spiro atoms. The predicted molar refractivity (Wildman–Crippen MR) is 81.1 cm³/mol. The van der Waals surface area contributed by atoms with E-state index in [1.165, 1.54) is 14.2 Å². The number of esters is 1. The van der Waals surface area contributed by atoms with Crippen LogP contribution < -0.4 is 10.1 Å². The number of rotatable bonds is 7. The molecule has 1 fully saturated rings. The first-order valence-electron chi connectivity index (χ1n) is 7.35. The smallest absolute Gasteiger partial charge is 0.333 e. The summed E-state index contributed by atoms with van der Waals surface area (Å²) in [7, 11) is 2.77. The Bertz CT molecular complexity index is 541. The molecule has 1 aliphatic heterocycles. The van der Waals surface area contributed by atoms with Gasteiger partial charge in [-0.25, -0.2) is 4.79 Å². The van der Waals surface area contributed by atoms with E-state index < -0.39 is 17.9 Å². The van der Waals surface area contributed by atoms with Crippen LogP contribution in [-0.2, 0) is 23.8 Å². The number of ether oxygens (including phenoxy) is 4. The molecule has 7 heteroatoms. The van der Waals surface area contributed by atoms with Gasteiger partial charge in [-0.05, 0) is 12.5 Å². The molecule has 0 aromatic heterocycles. The first kappa shape index (κ1) is 17.2. The molecule has 0 aliphatic carbocycles. The van der Waals surface area contributed by atoms with Gasteiger partial charge in [0.1, 0.15) is 12.4 Å². The summed E-state index contributed by atoms with van der Waals surface area (Å²) in [5.41, 5.74) is 0.527. The number of para-hydroxylation sites is 1. The predicted octanol–water partition coefficient (Wildman–Crippen LogP) is 0.831. The van der Waals surface area contributed by atoms with Gasteiger partial charge in [-0.3, -0.25) is 4.79 Å². The Labute approximate surface area is 134 Å². The van der Waals surface area contributed by atoms with Crippen LogP contribution in [0, 0.1) is 0 Å². The van der Waals surface area contributed by atoms with E-state index in [4.69, 9.17) is 18.9 Å². The molecule has 1 unspecified atom stereocenters. The highest BCUT2D eigenvalue weighted by molar-refractivity contribution is 5.86. The Morgan fingerprint density at radius 1 is 1.35 bits per heavy atom. The molecule has 1 aliphatic rings. The quantitative estimate of drug-likeness (QED) is 0.749. The molecule has 23 heavy (non-hydrogen) atoms. The zero-order valence-corrected chi connectivity index (χ0v) is 13.2. The van der Waals surface area contributed by atoms with E-state index in [-0.39, 0.29) is 12.7 Å². The second-order valence-electron chi connectivity index (χ2n) is 5.06. The average Bonchev–Trinajstić information content (AvgIpc) is 3.10. The van der Waals surface area contributed by atoms with Gasteiger partial charge >= 0.3 is 5.97 Å². The highest BCUT2D eigenvalue weighted by Crippen LogP contribution is 2.25.